The molecule has 17 heavy (non-hydrogen) atoms. The van der Waals surface area contributed by atoms with E-state index in [0.29, 0.717) is 12.0 Å². The van der Waals surface area contributed by atoms with Gasteiger partial charge in [0.1, 0.15) is 5.75 Å². The number of ketones is 1. The summed E-state index contributed by atoms with van der Waals surface area (Å²) >= 11 is 0. The van der Waals surface area contributed by atoms with Gasteiger partial charge in [-0.05, 0) is 45.2 Å². The van der Waals surface area contributed by atoms with Crippen LogP contribution < -0.4 is 0 Å². The number of carbonyl (C=O) groups excluding carboxylic acids is 1. The first-order valence-corrected chi connectivity index (χ1v) is 5.95. The molecule has 0 saturated heterocycles. The van der Waals surface area contributed by atoms with Gasteiger partial charge in [-0.1, -0.05) is 24.6 Å². The molecular formula is C15H20O2. The standard InChI is InChI=1S/C15H20O2/c1-5-12-7-9-13(11(4)16)15(17)14(12)8-6-10(2)3/h6-7,9,17H,5,8H2,1-4H3. The first-order valence-electron chi connectivity index (χ1n) is 5.95. The Morgan fingerprint density at radius 2 is 1.94 bits per heavy atom. The van der Waals surface area contributed by atoms with Crippen molar-refractivity contribution in [3.8, 4) is 5.75 Å². The van der Waals surface area contributed by atoms with Crippen LogP contribution in [0.4, 0.5) is 0 Å². The monoisotopic (exact) mass is 232 g/mol. The average molecular weight is 232 g/mol. The largest absolute Gasteiger partial charge is 0.507 e. The number of hydrogen-bond acceptors (Lipinski definition) is 2. The molecule has 0 bridgehead atoms. The Balaban J connectivity index is 3.27. The number of aromatic hydroxyl groups is 1. The highest BCUT2D eigenvalue weighted by Gasteiger charge is 2.13. The van der Waals surface area contributed by atoms with E-state index in [9.17, 15) is 9.90 Å². The molecular weight excluding hydrogens is 212 g/mol. The van der Waals surface area contributed by atoms with Gasteiger partial charge in [0, 0.05) is 5.56 Å². The SMILES string of the molecule is CCc1ccc(C(C)=O)c(O)c1CC=C(C)C. The summed E-state index contributed by atoms with van der Waals surface area (Å²) in [5.41, 5.74) is 3.60. The minimum atomic E-state index is -0.0939. The fourth-order valence-electron chi connectivity index (χ4n) is 1.83. The van der Waals surface area contributed by atoms with E-state index < -0.39 is 0 Å². The summed E-state index contributed by atoms with van der Waals surface area (Å²) in [5.74, 6) is 0.0537. The predicted molar refractivity (Wildman–Crippen MR) is 70.6 cm³/mol. The van der Waals surface area contributed by atoms with Crippen molar-refractivity contribution in [1.29, 1.82) is 0 Å². The molecule has 0 aliphatic carbocycles. The second-order valence-electron chi connectivity index (χ2n) is 4.49. The van der Waals surface area contributed by atoms with E-state index in [1.54, 1.807) is 6.07 Å². The van der Waals surface area contributed by atoms with Crippen LogP contribution in [-0.2, 0) is 12.8 Å². The lowest BCUT2D eigenvalue weighted by Crippen LogP contribution is -2.00. The summed E-state index contributed by atoms with van der Waals surface area (Å²) in [6.07, 6.45) is 3.61. The number of carbonyl (C=O) groups is 1. The molecule has 2 nitrogen and oxygen atoms in total. The van der Waals surface area contributed by atoms with Crippen molar-refractivity contribution in [2.45, 2.75) is 40.5 Å². The maximum Gasteiger partial charge on any atom is 0.163 e. The molecule has 0 heterocycles. The van der Waals surface area contributed by atoms with Gasteiger partial charge < -0.3 is 5.11 Å². The molecule has 1 aromatic carbocycles. The molecule has 0 unspecified atom stereocenters. The van der Waals surface area contributed by atoms with Gasteiger partial charge in [0.05, 0.1) is 5.56 Å². The van der Waals surface area contributed by atoms with E-state index >= 15 is 0 Å². The van der Waals surface area contributed by atoms with Crippen LogP contribution in [0, 0.1) is 0 Å². The van der Waals surface area contributed by atoms with Crippen LogP contribution >= 0.6 is 0 Å². The number of allylic oxidation sites excluding steroid dienone is 2. The fraction of sp³-hybridized carbons (Fsp3) is 0.400. The Morgan fingerprint density at radius 3 is 2.41 bits per heavy atom. The van der Waals surface area contributed by atoms with E-state index in [1.165, 1.54) is 12.5 Å². The van der Waals surface area contributed by atoms with Gasteiger partial charge in [-0.3, -0.25) is 4.79 Å². The van der Waals surface area contributed by atoms with Crippen LogP contribution in [0.1, 0.15) is 49.2 Å². The molecule has 0 saturated carbocycles. The minimum Gasteiger partial charge on any atom is -0.507 e. The molecule has 1 rings (SSSR count). The molecule has 0 aliphatic heterocycles. The zero-order valence-corrected chi connectivity index (χ0v) is 11.0. The van der Waals surface area contributed by atoms with Crippen LogP contribution in [0.5, 0.6) is 5.75 Å². The number of phenols is 1. The summed E-state index contributed by atoms with van der Waals surface area (Å²) < 4.78 is 0. The number of rotatable bonds is 4. The van der Waals surface area contributed by atoms with Gasteiger partial charge in [-0.25, -0.2) is 0 Å². The van der Waals surface area contributed by atoms with Crippen LogP contribution in [0.15, 0.2) is 23.8 Å². The zero-order chi connectivity index (χ0) is 13.0. The first kappa shape index (κ1) is 13.5. The molecule has 92 valence electrons. The first-order chi connectivity index (χ1) is 7.97. The van der Waals surface area contributed by atoms with Crippen LogP contribution in [-0.4, -0.2) is 10.9 Å². The maximum atomic E-state index is 11.4. The van der Waals surface area contributed by atoms with Gasteiger partial charge >= 0.3 is 0 Å². The van der Waals surface area contributed by atoms with Gasteiger partial charge in [0.2, 0.25) is 0 Å². The molecule has 0 fully saturated rings. The highest BCUT2D eigenvalue weighted by Crippen LogP contribution is 2.28. The third-order valence-electron chi connectivity index (χ3n) is 2.85. The number of aryl methyl sites for hydroxylation is 1. The van der Waals surface area contributed by atoms with Gasteiger partial charge in [-0.15, -0.1) is 0 Å². The number of hydrogen-bond donors (Lipinski definition) is 1. The lowest BCUT2D eigenvalue weighted by molar-refractivity contribution is 0.101. The molecule has 0 atom stereocenters. The average Bonchev–Trinajstić information content (AvgIpc) is 2.26. The van der Waals surface area contributed by atoms with Crippen molar-refractivity contribution in [1.82, 2.24) is 0 Å². The molecule has 0 amide bonds. The summed E-state index contributed by atoms with van der Waals surface area (Å²) in [6.45, 7) is 7.58. The Labute approximate surface area is 103 Å². The fourth-order valence-corrected chi connectivity index (χ4v) is 1.83. The highest BCUT2D eigenvalue weighted by molar-refractivity contribution is 5.97. The molecule has 0 spiro atoms. The van der Waals surface area contributed by atoms with E-state index in [-0.39, 0.29) is 11.5 Å². The van der Waals surface area contributed by atoms with E-state index in [0.717, 1.165) is 17.5 Å². The van der Waals surface area contributed by atoms with Crippen molar-refractivity contribution in [2.24, 2.45) is 0 Å². The van der Waals surface area contributed by atoms with Crippen molar-refractivity contribution < 1.29 is 9.90 Å². The topological polar surface area (TPSA) is 37.3 Å². The van der Waals surface area contributed by atoms with E-state index in [1.807, 2.05) is 26.8 Å². The third-order valence-corrected chi connectivity index (χ3v) is 2.85. The third kappa shape index (κ3) is 3.19. The Morgan fingerprint density at radius 1 is 1.29 bits per heavy atom. The van der Waals surface area contributed by atoms with Crippen molar-refractivity contribution >= 4 is 5.78 Å². The number of Topliss-reactive ketones (excluding diaryl/α,β-unsaturated/α-hetero) is 1. The van der Waals surface area contributed by atoms with Crippen molar-refractivity contribution in [3.63, 3.8) is 0 Å². The summed E-state index contributed by atoms with van der Waals surface area (Å²) in [6, 6.07) is 3.65. The molecule has 2 heteroatoms. The summed E-state index contributed by atoms with van der Waals surface area (Å²) in [5, 5.41) is 10.1. The zero-order valence-electron chi connectivity index (χ0n) is 11.0. The van der Waals surface area contributed by atoms with Crippen LogP contribution in [0.3, 0.4) is 0 Å². The van der Waals surface area contributed by atoms with E-state index in [2.05, 4.69) is 6.08 Å². The van der Waals surface area contributed by atoms with E-state index in [4.69, 9.17) is 0 Å². The quantitative estimate of drug-likeness (QED) is 0.635. The molecule has 0 aromatic heterocycles. The molecule has 0 radical (unpaired) electrons. The Kier molecular flexibility index (Phi) is 4.50. The molecule has 1 aromatic rings. The number of benzene rings is 1. The molecule has 0 aliphatic rings. The maximum absolute atomic E-state index is 11.4. The lowest BCUT2D eigenvalue weighted by atomic mass is 9.96. The molecule has 1 N–H and O–H groups in total. The van der Waals surface area contributed by atoms with Crippen LogP contribution in [0.25, 0.3) is 0 Å². The van der Waals surface area contributed by atoms with Gasteiger partial charge in [0.15, 0.2) is 5.78 Å². The van der Waals surface area contributed by atoms with Gasteiger partial charge in [-0.2, -0.15) is 0 Å². The highest BCUT2D eigenvalue weighted by atomic mass is 16.3. The smallest absolute Gasteiger partial charge is 0.163 e. The van der Waals surface area contributed by atoms with Crippen molar-refractivity contribution in [2.75, 3.05) is 0 Å². The minimum absolute atomic E-state index is 0.0939. The lowest BCUT2D eigenvalue weighted by Gasteiger charge is -2.11. The normalized spacial score (nSPS) is 10.1. The Hall–Kier alpha value is -1.57. The second-order valence-corrected chi connectivity index (χ2v) is 4.49. The van der Waals surface area contributed by atoms with Crippen LogP contribution in [0.2, 0.25) is 0 Å². The number of phenolic OH excluding ortho intramolecular Hbond substituents is 1. The van der Waals surface area contributed by atoms with Gasteiger partial charge in [0.25, 0.3) is 0 Å². The summed E-state index contributed by atoms with van der Waals surface area (Å²) in [4.78, 5) is 11.4. The second kappa shape index (κ2) is 5.67. The Bertz CT molecular complexity index is 452. The van der Waals surface area contributed by atoms with Crippen molar-refractivity contribution in [3.05, 3.63) is 40.5 Å². The summed E-state index contributed by atoms with van der Waals surface area (Å²) in [7, 11) is 0. The predicted octanol–water partition coefficient (Wildman–Crippen LogP) is 3.67.